The van der Waals surface area contributed by atoms with Crippen LogP contribution in [0.25, 0.3) is 22.3 Å². The second kappa shape index (κ2) is 9.63. The number of hydrogen-bond donors (Lipinski definition) is 0. The Hall–Kier alpha value is -2.36. The van der Waals surface area contributed by atoms with Crippen LogP contribution in [0.3, 0.4) is 0 Å². The molecule has 0 saturated carbocycles. The molecule has 4 heteroatoms. The number of rotatable bonds is 9. The van der Waals surface area contributed by atoms with Gasteiger partial charge in [0.1, 0.15) is 0 Å². The zero-order chi connectivity index (χ0) is 21.8. The predicted octanol–water partition coefficient (Wildman–Crippen LogP) is 7.38. The third-order valence-corrected chi connectivity index (χ3v) is 6.01. The van der Waals surface area contributed by atoms with Crippen LogP contribution in [0.15, 0.2) is 24.4 Å². The average Bonchev–Trinajstić information content (AvgIpc) is 3.05. The minimum absolute atomic E-state index is 0.361. The van der Waals surface area contributed by atoms with E-state index in [-0.39, 0.29) is 0 Å². The Balaban J connectivity index is 2.12. The summed E-state index contributed by atoms with van der Waals surface area (Å²) in [5, 5.41) is 0. The van der Waals surface area contributed by atoms with Crippen LogP contribution in [0, 0.1) is 13.8 Å². The van der Waals surface area contributed by atoms with Gasteiger partial charge >= 0.3 is 0 Å². The molecule has 0 spiro atoms. The summed E-state index contributed by atoms with van der Waals surface area (Å²) >= 11 is 0. The summed E-state index contributed by atoms with van der Waals surface area (Å²) in [6.07, 6.45) is 8.43. The smallest absolute Gasteiger partial charge is 0.222 e. The van der Waals surface area contributed by atoms with Crippen LogP contribution in [0.5, 0.6) is 5.88 Å². The van der Waals surface area contributed by atoms with Gasteiger partial charge in [0.25, 0.3) is 0 Å². The minimum Gasteiger partial charge on any atom is -0.480 e. The largest absolute Gasteiger partial charge is 0.480 e. The molecule has 0 radical (unpaired) electrons. The highest BCUT2D eigenvalue weighted by molar-refractivity contribution is 5.85. The Morgan fingerprint density at radius 3 is 2.40 bits per heavy atom. The summed E-state index contributed by atoms with van der Waals surface area (Å²) in [7, 11) is 1.69. The topological polar surface area (TPSA) is 39.9 Å². The van der Waals surface area contributed by atoms with Crippen molar-refractivity contribution in [2.24, 2.45) is 0 Å². The fourth-order valence-electron chi connectivity index (χ4n) is 4.31. The Kier molecular flexibility index (Phi) is 7.17. The van der Waals surface area contributed by atoms with Crippen LogP contribution in [0.4, 0.5) is 0 Å². The number of fused-ring (bicyclic) bond motifs is 1. The van der Waals surface area contributed by atoms with Gasteiger partial charge in [-0.1, -0.05) is 47.0 Å². The third kappa shape index (κ3) is 4.38. The number of nitrogens with zero attached hydrogens (tertiary/aromatic N) is 3. The van der Waals surface area contributed by atoms with E-state index < -0.39 is 0 Å². The maximum absolute atomic E-state index is 5.65. The molecular weight excluding hydrogens is 370 g/mol. The molecule has 0 amide bonds. The number of ether oxygens (including phenoxy) is 1. The van der Waals surface area contributed by atoms with E-state index in [4.69, 9.17) is 14.7 Å². The van der Waals surface area contributed by atoms with Crippen LogP contribution in [-0.2, 0) is 0 Å². The van der Waals surface area contributed by atoms with E-state index in [0.29, 0.717) is 17.8 Å². The number of methoxy groups -OCH3 is 1. The molecule has 0 saturated heterocycles. The molecule has 1 atom stereocenters. The SMILES string of the molecule is CCCCC(CCC)n1cc(C)c2nc(-c3ccc(C(C)C)nc3OC)c(C)cc21. The van der Waals surface area contributed by atoms with Crippen molar-refractivity contribution in [1.29, 1.82) is 0 Å². The van der Waals surface area contributed by atoms with Crippen LogP contribution in [0.1, 0.15) is 88.6 Å². The second-order valence-electron chi connectivity index (χ2n) is 8.77. The summed E-state index contributed by atoms with van der Waals surface area (Å²) in [5.74, 6) is 1.01. The van der Waals surface area contributed by atoms with Crippen LogP contribution >= 0.6 is 0 Å². The van der Waals surface area contributed by atoms with Crippen molar-refractivity contribution in [3.05, 3.63) is 41.2 Å². The number of aromatic nitrogens is 3. The molecular formula is C26H37N3O. The van der Waals surface area contributed by atoms with Crippen molar-refractivity contribution in [2.45, 2.75) is 85.6 Å². The van der Waals surface area contributed by atoms with Gasteiger partial charge in [-0.05, 0) is 61.9 Å². The molecule has 30 heavy (non-hydrogen) atoms. The number of pyridine rings is 2. The summed E-state index contributed by atoms with van der Waals surface area (Å²) in [5.41, 5.74) is 7.68. The van der Waals surface area contributed by atoms with E-state index in [2.05, 4.69) is 70.5 Å². The second-order valence-corrected chi connectivity index (χ2v) is 8.77. The van der Waals surface area contributed by atoms with Crippen molar-refractivity contribution in [2.75, 3.05) is 7.11 Å². The molecule has 162 valence electrons. The molecule has 0 N–H and O–H groups in total. The van der Waals surface area contributed by atoms with Gasteiger partial charge < -0.3 is 9.30 Å². The quantitative estimate of drug-likeness (QED) is 0.371. The molecule has 1 unspecified atom stereocenters. The number of unbranched alkanes of at least 4 members (excludes halogenated alkanes) is 1. The normalized spacial score (nSPS) is 12.7. The first-order valence-corrected chi connectivity index (χ1v) is 11.4. The lowest BCUT2D eigenvalue weighted by atomic mass is 10.0. The van der Waals surface area contributed by atoms with Gasteiger partial charge in [-0.3, -0.25) is 0 Å². The highest BCUT2D eigenvalue weighted by Crippen LogP contribution is 2.35. The predicted molar refractivity (Wildman–Crippen MR) is 127 cm³/mol. The van der Waals surface area contributed by atoms with Gasteiger partial charge in [0.2, 0.25) is 5.88 Å². The standard InChI is InChI=1S/C26H37N3O/c1-8-10-12-20(11-9-2)29-16-19(6)25-23(29)15-18(5)24(28-25)21-13-14-22(17(3)4)27-26(21)30-7/h13-17,20H,8-12H2,1-7H3. The van der Waals surface area contributed by atoms with Gasteiger partial charge in [0, 0.05) is 17.9 Å². The molecule has 4 nitrogen and oxygen atoms in total. The van der Waals surface area contributed by atoms with Crippen molar-refractivity contribution in [1.82, 2.24) is 14.5 Å². The average molecular weight is 408 g/mol. The third-order valence-electron chi connectivity index (χ3n) is 6.01. The zero-order valence-electron chi connectivity index (χ0n) is 19.7. The molecule has 0 aliphatic heterocycles. The van der Waals surface area contributed by atoms with Crippen LogP contribution in [0.2, 0.25) is 0 Å². The Bertz CT molecular complexity index is 1000. The van der Waals surface area contributed by atoms with E-state index in [9.17, 15) is 0 Å². The summed E-state index contributed by atoms with van der Waals surface area (Å²) < 4.78 is 8.13. The van der Waals surface area contributed by atoms with Gasteiger partial charge in [0.05, 0.1) is 29.4 Å². The molecule has 0 aromatic carbocycles. The van der Waals surface area contributed by atoms with E-state index in [1.54, 1.807) is 7.11 Å². The monoisotopic (exact) mass is 407 g/mol. The molecule has 3 rings (SSSR count). The molecule has 3 aromatic heterocycles. The van der Waals surface area contributed by atoms with Crippen molar-refractivity contribution in [3.8, 4) is 17.1 Å². The number of aryl methyl sites for hydroxylation is 2. The minimum atomic E-state index is 0.361. The van der Waals surface area contributed by atoms with E-state index in [1.807, 2.05) is 0 Å². The Morgan fingerprint density at radius 1 is 1.00 bits per heavy atom. The van der Waals surface area contributed by atoms with Crippen molar-refractivity contribution in [3.63, 3.8) is 0 Å². The lowest BCUT2D eigenvalue weighted by Crippen LogP contribution is -2.08. The first-order valence-electron chi connectivity index (χ1n) is 11.4. The summed E-state index contributed by atoms with van der Waals surface area (Å²) in [4.78, 5) is 9.87. The molecule has 0 aliphatic carbocycles. The van der Waals surface area contributed by atoms with Crippen LogP contribution in [-0.4, -0.2) is 21.6 Å². The van der Waals surface area contributed by atoms with Gasteiger partial charge in [-0.25, -0.2) is 9.97 Å². The summed E-state index contributed by atoms with van der Waals surface area (Å²) in [6.45, 7) is 13.2. The maximum atomic E-state index is 5.65. The van der Waals surface area contributed by atoms with E-state index in [0.717, 1.165) is 28.0 Å². The fraction of sp³-hybridized carbons (Fsp3) is 0.538. The van der Waals surface area contributed by atoms with E-state index >= 15 is 0 Å². The van der Waals surface area contributed by atoms with Crippen LogP contribution < -0.4 is 4.74 Å². The molecule has 0 aliphatic rings. The lowest BCUT2D eigenvalue weighted by Gasteiger charge is -2.20. The van der Waals surface area contributed by atoms with Gasteiger partial charge in [-0.15, -0.1) is 0 Å². The fourth-order valence-corrected chi connectivity index (χ4v) is 4.31. The Labute approximate surface area is 181 Å². The molecule has 3 aromatic rings. The Morgan fingerprint density at radius 2 is 1.77 bits per heavy atom. The summed E-state index contributed by atoms with van der Waals surface area (Å²) in [6, 6.07) is 7.04. The van der Waals surface area contributed by atoms with E-state index in [1.165, 1.54) is 43.2 Å². The highest BCUT2D eigenvalue weighted by atomic mass is 16.5. The zero-order valence-corrected chi connectivity index (χ0v) is 19.7. The lowest BCUT2D eigenvalue weighted by molar-refractivity contribution is 0.397. The number of hydrogen-bond acceptors (Lipinski definition) is 3. The van der Waals surface area contributed by atoms with Crippen molar-refractivity contribution >= 4 is 11.0 Å². The molecule has 0 fully saturated rings. The maximum Gasteiger partial charge on any atom is 0.222 e. The van der Waals surface area contributed by atoms with Gasteiger partial charge in [0.15, 0.2) is 0 Å². The molecule has 0 bridgehead atoms. The highest BCUT2D eigenvalue weighted by Gasteiger charge is 2.19. The van der Waals surface area contributed by atoms with Gasteiger partial charge in [-0.2, -0.15) is 0 Å². The first kappa shape index (κ1) is 22.3. The molecule has 3 heterocycles. The first-order chi connectivity index (χ1) is 14.4. The van der Waals surface area contributed by atoms with Crippen molar-refractivity contribution < 1.29 is 4.74 Å².